The largest absolute Gasteiger partial charge is 0.379 e. The Hall–Kier alpha value is -1.55. The molecule has 0 radical (unpaired) electrons. The Morgan fingerprint density at radius 3 is 2.54 bits per heavy atom. The van der Waals surface area contributed by atoms with Gasteiger partial charge in [0.15, 0.2) is 0 Å². The highest BCUT2D eigenvalue weighted by molar-refractivity contribution is 7.89. The number of rotatable bonds is 7. The molecule has 1 unspecified atom stereocenters. The van der Waals surface area contributed by atoms with Crippen molar-refractivity contribution in [3.63, 3.8) is 0 Å². The van der Waals surface area contributed by atoms with Crippen molar-refractivity contribution in [1.29, 1.82) is 0 Å². The van der Waals surface area contributed by atoms with Crippen molar-refractivity contribution in [3.05, 3.63) is 30.1 Å². The molecule has 0 aliphatic carbocycles. The summed E-state index contributed by atoms with van der Waals surface area (Å²) in [5.41, 5.74) is 0. The molecule has 0 spiro atoms. The van der Waals surface area contributed by atoms with Crippen LogP contribution < -0.4 is 0 Å². The molecule has 2 aliphatic heterocycles. The van der Waals surface area contributed by atoms with Crippen LogP contribution in [0.25, 0.3) is 0 Å². The molecule has 2 heterocycles. The molecule has 9 heteroatoms. The van der Waals surface area contributed by atoms with Gasteiger partial charge in [-0.15, -0.1) is 0 Å². The maximum atomic E-state index is 13.1. The maximum absolute atomic E-state index is 13.1. The SMILES string of the molecule is CC(=O)N(CCCN1CCOCC1)C1CCN(S(=O)(=O)c2ccc(F)cc2)C1. The van der Waals surface area contributed by atoms with Crippen LogP contribution in [0, 0.1) is 5.82 Å². The van der Waals surface area contributed by atoms with Crippen LogP contribution in [-0.4, -0.2) is 87.0 Å². The van der Waals surface area contributed by atoms with Gasteiger partial charge in [0.05, 0.1) is 18.1 Å². The second-order valence-electron chi connectivity index (χ2n) is 7.28. The normalized spacial score (nSPS) is 21.7. The molecule has 28 heavy (non-hydrogen) atoms. The number of amides is 1. The smallest absolute Gasteiger partial charge is 0.243 e. The number of morpholine rings is 1. The Morgan fingerprint density at radius 1 is 1.21 bits per heavy atom. The molecule has 0 aromatic heterocycles. The highest BCUT2D eigenvalue weighted by Crippen LogP contribution is 2.24. The second kappa shape index (κ2) is 9.30. The number of benzene rings is 1. The molecule has 1 aromatic rings. The van der Waals surface area contributed by atoms with Crippen molar-refractivity contribution >= 4 is 15.9 Å². The highest BCUT2D eigenvalue weighted by Gasteiger charge is 2.36. The van der Waals surface area contributed by atoms with Crippen LogP contribution in [0.3, 0.4) is 0 Å². The Balaban J connectivity index is 1.57. The Kier molecular flexibility index (Phi) is 7.03. The van der Waals surface area contributed by atoms with Gasteiger partial charge in [-0.1, -0.05) is 0 Å². The molecule has 0 bridgehead atoms. The van der Waals surface area contributed by atoms with Crippen LogP contribution in [0.2, 0.25) is 0 Å². The predicted octanol–water partition coefficient (Wildman–Crippen LogP) is 1.16. The van der Waals surface area contributed by atoms with Crippen molar-refractivity contribution in [2.75, 3.05) is 52.5 Å². The topological polar surface area (TPSA) is 70.2 Å². The lowest BCUT2D eigenvalue weighted by Gasteiger charge is -2.30. The summed E-state index contributed by atoms with van der Waals surface area (Å²) in [5, 5.41) is 0. The first kappa shape index (κ1) is 21.2. The van der Waals surface area contributed by atoms with Crippen molar-refractivity contribution in [2.24, 2.45) is 0 Å². The minimum atomic E-state index is -3.68. The molecule has 2 aliphatic rings. The van der Waals surface area contributed by atoms with E-state index in [0.29, 0.717) is 19.5 Å². The first-order valence-electron chi connectivity index (χ1n) is 9.71. The summed E-state index contributed by atoms with van der Waals surface area (Å²) in [6, 6.07) is 4.73. The lowest BCUT2D eigenvalue weighted by Crippen LogP contribution is -2.43. The average Bonchev–Trinajstić information content (AvgIpc) is 3.17. The fraction of sp³-hybridized carbons (Fsp3) is 0.632. The summed E-state index contributed by atoms with van der Waals surface area (Å²) in [6.45, 7) is 6.99. The van der Waals surface area contributed by atoms with E-state index in [1.165, 1.54) is 23.4 Å². The van der Waals surface area contributed by atoms with Crippen LogP contribution in [0.15, 0.2) is 29.2 Å². The summed E-state index contributed by atoms with van der Waals surface area (Å²) in [4.78, 5) is 16.4. The standard InChI is InChI=1S/C19H28FN3O4S/c1-16(24)23(9-2-8-21-11-13-27-14-12-21)18-7-10-22(15-18)28(25,26)19-5-3-17(20)4-6-19/h3-6,18H,2,7-15H2,1H3. The average molecular weight is 414 g/mol. The summed E-state index contributed by atoms with van der Waals surface area (Å²) < 4.78 is 45.4. The number of hydrogen-bond donors (Lipinski definition) is 0. The molecular weight excluding hydrogens is 385 g/mol. The van der Waals surface area contributed by atoms with Gasteiger partial charge in [0.1, 0.15) is 5.82 Å². The van der Waals surface area contributed by atoms with Gasteiger partial charge in [-0.05, 0) is 37.1 Å². The summed E-state index contributed by atoms with van der Waals surface area (Å²) >= 11 is 0. The zero-order valence-electron chi connectivity index (χ0n) is 16.2. The fourth-order valence-electron chi connectivity index (χ4n) is 3.83. The van der Waals surface area contributed by atoms with E-state index >= 15 is 0 Å². The van der Waals surface area contributed by atoms with E-state index in [4.69, 9.17) is 4.74 Å². The van der Waals surface area contributed by atoms with E-state index in [9.17, 15) is 17.6 Å². The molecule has 1 amide bonds. The van der Waals surface area contributed by atoms with Gasteiger partial charge < -0.3 is 9.64 Å². The Morgan fingerprint density at radius 2 is 1.89 bits per heavy atom. The van der Waals surface area contributed by atoms with E-state index in [2.05, 4.69) is 4.90 Å². The number of carbonyl (C=O) groups excluding carboxylic acids is 1. The summed E-state index contributed by atoms with van der Waals surface area (Å²) in [5.74, 6) is -0.505. The number of hydrogen-bond acceptors (Lipinski definition) is 5. The molecule has 2 saturated heterocycles. The highest BCUT2D eigenvalue weighted by atomic mass is 32.2. The van der Waals surface area contributed by atoms with E-state index in [0.717, 1.165) is 51.4 Å². The third-order valence-corrected chi connectivity index (χ3v) is 7.28. The first-order valence-corrected chi connectivity index (χ1v) is 11.1. The quantitative estimate of drug-likeness (QED) is 0.671. The maximum Gasteiger partial charge on any atom is 0.243 e. The van der Waals surface area contributed by atoms with Crippen molar-refractivity contribution in [3.8, 4) is 0 Å². The van der Waals surface area contributed by atoms with Crippen LogP contribution in [0.1, 0.15) is 19.8 Å². The van der Waals surface area contributed by atoms with E-state index < -0.39 is 15.8 Å². The van der Waals surface area contributed by atoms with E-state index in [-0.39, 0.29) is 23.4 Å². The van der Waals surface area contributed by atoms with Gasteiger partial charge in [0.25, 0.3) is 0 Å². The molecular formula is C19H28FN3O4S. The lowest BCUT2D eigenvalue weighted by molar-refractivity contribution is -0.131. The van der Waals surface area contributed by atoms with Crippen LogP contribution in [0.4, 0.5) is 4.39 Å². The molecule has 7 nitrogen and oxygen atoms in total. The number of ether oxygens (including phenoxy) is 1. The van der Waals surface area contributed by atoms with Gasteiger partial charge in [0, 0.05) is 52.2 Å². The summed E-state index contributed by atoms with van der Waals surface area (Å²) in [7, 11) is -3.68. The molecule has 156 valence electrons. The van der Waals surface area contributed by atoms with Crippen molar-refractivity contribution in [1.82, 2.24) is 14.1 Å². The number of carbonyl (C=O) groups is 1. The van der Waals surface area contributed by atoms with Crippen LogP contribution >= 0.6 is 0 Å². The second-order valence-corrected chi connectivity index (χ2v) is 9.22. The lowest BCUT2D eigenvalue weighted by atomic mass is 10.2. The van der Waals surface area contributed by atoms with Gasteiger partial charge in [-0.25, -0.2) is 12.8 Å². The zero-order valence-corrected chi connectivity index (χ0v) is 17.0. The fourth-order valence-corrected chi connectivity index (χ4v) is 5.32. The zero-order chi connectivity index (χ0) is 20.1. The van der Waals surface area contributed by atoms with Crippen LogP contribution in [0.5, 0.6) is 0 Å². The predicted molar refractivity (Wildman–Crippen MR) is 103 cm³/mol. The van der Waals surface area contributed by atoms with Gasteiger partial charge >= 0.3 is 0 Å². The summed E-state index contributed by atoms with van der Waals surface area (Å²) in [6.07, 6.45) is 1.46. The third kappa shape index (κ3) is 5.08. The molecule has 2 fully saturated rings. The number of halogens is 1. The Labute approximate surface area is 166 Å². The molecule has 1 aromatic carbocycles. The van der Waals surface area contributed by atoms with Gasteiger partial charge in [-0.2, -0.15) is 4.31 Å². The molecule has 0 N–H and O–H groups in total. The van der Waals surface area contributed by atoms with Crippen molar-refractivity contribution in [2.45, 2.75) is 30.7 Å². The van der Waals surface area contributed by atoms with Crippen molar-refractivity contribution < 1.29 is 22.3 Å². The monoisotopic (exact) mass is 413 g/mol. The minimum absolute atomic E-state index is 0.0343. The molecule has 3 rings (SSSR count). The van der Waals surface area contributed by atoms with E-state index in [1.54, 1.807) is 4.90 Å². The minimum Gasteiger partial charge on any atom is -0.379 e. The third-order valence-electron chi connectivity index (χ3n) is 5.40. The van der Waals surface area contributed by atoms with Gasteiger partial charge in [0.2, 0.25) is 15.9 Å². The number of sulfonamides is 1. The Bertz CT molecular complexity index is 766. The van der Waals surface area contributed by atoms with Gasteiger partial charge in [-0.3, -0.25) is 9.69 Å². The van der Waals surface area contributed by atoms with Crippen LogP contribution in [-0.2, 0) is 19.6 Å². The molecule has 0 saturated carbocycles. The molecule has 1 atom stereocenters. The first-order chi connectivity index (χ1) is 13.4. The number of nitrogens with zero attached hydrogens (tertiary/aromatic N) is 3. The van der Waals surface area contributed by atoms with E-state index in [1.807, 2.05) is 0 Å².